The van der Waals surface area contributed by atoms with E-state index in [1.54, 1.807) is 41.5 Å². The van der Waals surface area contributed by atoms with Gasteiger partial charge in [0.15, 0.2) is 0 Å². The van der Waals surface area contributed by atoms with Gasteiger partial charge in [0, 0.05) is 16.8 Å². The second-order valence-electron chi connectivity index (χ2n) is 6.35. The first-order chi connectivity index (χ1) is 10.4. The van der Waals surface area contributed by atoms with Crippen molar-refractivity contribution >= 4 is 23.4 Å². The summed E-state index contributed by atoms with van der Waals surface area (Å²) in [6.07, 6.45) is -0.642. The highest BCUT2D eigenvalue weighted by atomic mass is 16.6. The van der Waals surface area contributed by atoms with Gasteiger partial charge in [-0.2, -0.15) is 0 Å². The number of hydrogen-bond donors (Lipinski definition) is 4. The van der Waals surface area contributed by atoms with E-state index in [0.717, 1.165) is 0 Å². The zero-order valence-electron chi connectivity index (χ0n) is 14.3. The smallest absolute Gasteiger partial charge is 0.412 e. The van der Waals surface area contributed by atoms with Gasteiger partial charge in [0.25, 0.3) is 0 Å². The van der Waals surface area contributed by atoms with Crippen molar-refractivity contribution in [2.45, 2.75) is 47.1 Å². The monoisotopic (exact) mass is 324 g/mol. The third-order valence-corrected chi connectivity index (χ3v) is 3.25. The molecule has 0 fully saturated rings. The first kappa shape index (κ1) is 18.6. The SMILES string of the molecule is Cc1c(O)c(C)c(NC(=O)OC(C)(C)C)c(C)c1NCC(=O)O. The average Bonchev–Trinajstić information content (AvgIpc) is 2.39. The maximum Gasteiger partial charge on any atom is 0.412 e. The Morgan fingerprint density at radius 3 is 2.04 bits per heavy atom. The number of benzene rings is 1. The fourth-order valence-electron chi connectivity index (χ4n) is 2.23. The number of carboxylic acids is 1. The minimum Gasteiger partial charge on any atom is -0.507 e. The summed E-state index contributed by atoms with van der Waals surface area (Å²) in [5.41, 5.74) is 1.87. The highest BCUT2D eigenvalue weighted by Crippen LogP contribution is 2.38. The van der Waals surface area contributed by atoms with Crippen LogP contribution in [0.4, 0.5) is 16.2 Å². The Balaban J connectivity index is 3.21. The van der Waals surface area contributed by atoms with E-state index in [1.165, 1.54) is 0 Å². The number of carbonyl (C=O) groups excluding carboxylic acids is 1. The van der Waals surface area contributed by atoms with Crippen LogP contribution in [-0.2, 0) is 9.53 Å². The summed E-state index contributed by atoms with van der Waals surface area (Å²) in [5, 5.41) is 24.4. The highest BCUT2D eigenvalue weighted by molar-refractivity contribution is 5.91. The van der Waals surface area contributed by atoms with E-state index in [2.05, 4.69) is 10.6 Å². The topological polar surface area (TPSA) is 108 Å². The molecule has 7 heteroatoms. The van der Waals surface area contributed by atoms with Gasteiger partial charge in [0.05, 0.1) is 5.69 Å². The Morgan fingerprint density at radius 1 is 1.04 bits per heavy atom. The molecule has 0 atom stereocenters. The molecule has 0 saturated carbocycles. The van der Waals surface area contributed by atoms with E-state index >= 15 is 0 Å². The minimum atomic E-state index is -1.02. The van der Waals surface area contributed by atoms with E-state index in [0.29, 0.717) is 28.1 Å². The second-order valence-corrected chi connectivity index (χ2v) is 6.35. The molecule has 0 saturated heterocycles. The maximum atomic E-state index is 12.0. The van der Waals surface area contributed by atoms with Gasteiger partial charge in [-0.1, -0.05) is 0 Å². The second kappa shape index (κ2) is 6.76. The Morgan fingerprint density at radius 2 is 1.57 bits per heavy atom. The van der Waals surface area contributed by atoms with Crippen molar-refractivity contribution in [2.24, 2.45) is 0 Å². The maximum absolute atomic E-state index is 12.0. The van der Waals surface area contributed by atoms with Crippen molar-refractivity contribution in [3.05, 3.63) is 16.7 Å². The number of anilines is 2. The number of ether oxygens (including phenoxy) is 1. The molecule has 1 rings (SSSR count). The lowest BCUT2D eigenvalue weighted by Gasteiger charge is -2.23. The summed E-state index contributed by atoms with van der Waals surface area (Å²) in [5.74, 6) is -1.03. The summed E-state index contributed by atoms with van der Waals surface area (Å²) in [7, 11) is 0. The lowest BCUT2D eigenvalue weighted by atomic mass is 10.00. The Labute approximate surface area is 135 Å². The van der Waals surface area contributed by atoms with Crippen LogP contribution in [0.2, 0.25) is 0 Å². The number of hydrogen-bond acceptors (Lipinski definition) is 5. The predicted molar refractivity (Wildman–Crippen MR) is 88.3 cm³/mol. The van der Waals surface area contributed by atoms with Crippen LogP contribution in [0.1, 0.15) is 37.5 Å². The zero-order valence-corrected chi connectivity index (χ0v) is 14.3. The van der Waals surface area contributed by atoms with Gasteiger partial charge in [-0.15, -0.1) is 0 Å². The number of phenols is 1. The molecule has 0 bridgehead atoms. The molecule has 1 aromatic carbocycles. The molecule has 0 aliphatic rings. The van der Waals surface area contributed by atoms with E-state index < -0.39 is 17.7 Å². The van der Waals surface area contributed by atoms with Gasteiger partial charge in [-0.05, 0) is 47.1 Å². The van der Waals surface area contributed by atoms with Crippen LogP contribution < -0.4 is 10.6 Å². The van der Waals surface area contributed by atoms with Crippen LogP contribution >= 0.6 is 0 Å². The first-order valence-corrected chi connectivity index (χ1v) is 7.22. The molecular weight excluding hydrogens is 300 g/mol. The molecular formula is C16H24N2O5. The molecule has 0 aromatic heterocycles. The molecule has 0 unspecified atom stereocenters. The molecule has 0 aliphatic heterocycles. The number of phenolic OH excluding ortho intramolecular Hbond substituents is 1. The van der Waals surface area contributed by atoms with Crippen molar-refractivity contribution < 1.29 is 24.5 Å². The van der Waals surface area contributed by atoms with Crippen LogP contribution in [0.25, 0.3) is 0 Å². The van der Waals surface area contributed by atoms with Gasteiger partial charge in [-0.3, -0.25) is 10.1 Å². The number of rotatable bonds is 4. The number of amides is 1. The summed E-state index contributed by atoms with van der Waals surface area (Å²) in [4.78, 5) is 22.7. The fraction of sp³-hybridized carbons (Fsp3) is 0.500. The fourth-order valence-corrected chi connectivity index (χ4v) is 2.23. The van der Waals surface area contributed by atoms with Crippen molar-refractivity contribution in [1.82, 2.24) is 0 Å². The van der Waals surface area contributed by atoms with Crippen LogP contribution in [0, 0.1) is 20.8 Å². The molecule has 7 nitrogen and oxygen atoms in total. The van der Waals surface area contributed by atoms with Gasteiger partial charge in [-0.25, -0.2) is 4.79 Å². The number of aliphatic carboxylic acids is 1. The molecule has 128 valence electrons. The molecule has 0 heterocycles. The summed E-state index contributed by atoms with van der Waals surface area (Å²) >= 11 is 0. The number of nitrogens with one attached hydrogen (secondary N) is 2. The number of carbonyl (C=O) groups is 2. The number of carboxylic acid groups (broad SMARTS) is 1. The summed E-state index contributed by atoms with van der Waals surface area (Å²) < 4.78 is 5.21. The van der Waals surface area contributed by atoms with Crippen molar-refractivity contribution in [3.8, 4) is 5.75 Å². The molecule has 1 aromatic rings. The third-order valence-electron chi connectivity index (χ3n) is 3.25. The van der Waals surface area contributed by atoms with E-state index in [4.69, 9.17) is 9.84 Å². The van der Waals surface area contributed by atoms with Gasteiger partial charge >= 0.3 is 12.1 Å². The quantitative estimate of drug-likeness (QED) is 0.677. The zero-order chi connectivity index (χ0) is 17.9. The van der Waals surface area contributed by atoms with Gasteiger partial charge in [0.1, 0.15) is 17.9 Å². The van der Waals surface area contributed by atoms with E-state index in [-0.39, 0.29) is 12.3 Å². The summed E-state index contributed by atoms with van der Waals surface area (Å²) in [6.45, 7) is 10.0. The van der Waals surface area contributed by atoms with Crippen molar-refractivity contribution in [3.63, 3.8) is 0 Å². The third kappa shape index (κ3) is 4.77. The highest BCUT2D eigenvalue weighted by Gasteiger charge is 2.21. The predicted octanol–water partition coefficient (Wildman–Crippen LogP) is 3.16. The molecule has 0 aliphatic carbocycles. The summed E-state index contributed by atoms with van der Waals surface area (Å²) in [6, 6.07) is 0. The van der Waals surface area contributed by atoms with Crippen LogP contribution in [0.15, 0.2) is 0 Å². The van der Waals surface area contributed by atoms with Crippen molar-refractivity contribution in [2.75, 3.05) is 17.2 Å². The van der Waals surface area contributed by atoms with E-state index in [9.17, 15) is 14.7 Å². The minimum absolute atomic E-state index is 0.00505. The molecule has 1 amide bonds. The lowest BCUT2D eigenvalue weighted by Crippen LogP contribution is -2.28. The van der Waals surface area contributed by atoms with E-state index in [1.807, 2.05) is 0 Å². The van der Waals surface area contributed by atoms with Crippen LogP contribution in [-0.4, -0.2) is 34.4 Å². The number of aromatic hydroxyl groups is 1. The first-order valence-electron chi connectivity index (χ1n) is 7.22. The molecule has 23 heavy (non-hydrogen) atoms. The van der Waals surface area contributed by atoms with Gasteiger partial charge in [0.2, 0.25) is 0 Å². The Hall–Kier alpha value is -2.44. The molecule has 0 spiro atoms. The largest absolute Gasteiger partial charge is 0.507 e. The van der Waals surface area contributed by atoms with Crippen molar-refractivity contribution in [1.29, 1.82) is 0 Å². The normalized spacial score (nSPS) is 11.0. The lowest BCUT2D eigenvalue weighted by molar-refractivity contribution is -0.134. The standard InChI is InChI=1S/C16H24N2O5/c1-8-12(17-7-11(19)20)9(2)14(21)10(3)13(8)18-15(22)23-16(4,5)6/h17,21H,7H2,1-6H3,(H,18,22)(H,19,20). The Kier molecular flexibility index (Phi) is 5.47. The molecule has 4 N–H and O–H groups in total. The Bertz CT molecular complexity index is 633. The van der Waals surface area contributed by atoms with Crippen LogP contribution in [0.3, 0.4) is 0 Å². The molecule has 0 radical (unpaired) electrons. The van der Waals surface area contributed by atoms with Gasteiger partial charge < -0.3 is 20.3 Å². The average molecular weight is 324 g/mol. The van der Waals surface area contributed by atoms with Crippen LogP contribution in [0.5, 0.6) is 5.75 Å².